The molecule has 0 unspecified atom stereocenters. The van der Waals surface area contributed by atoms with Gasteiger partial charge >= 0.3 is 0 Å². The fraction of sp³-hybridized carbons (Fsp3) is 0.750. The molecule has 0 spiro atoms. The van der Waals surface area contributed by atoms with E-state index in [1.165, 1.54) is 6.33 Å². The van der Waals surface area contributed by atoms with Crippen LogP contribution in [0.3, 0.4) is 0 Å². The summed E-state index contributed by atoms with van der Waals surface area (Å²) in [5, 5.41) is 3.26. The summed E-state index contributed by atoms with van der Waals surface area (Å²) in [7, 11) is 0. The van der Waals surface area contributed by atoms with Gasteiger partial charge in [-0.3, -0.25) is 4.90 Å². The number of aryl methyl sites for hydroxylation is 1. The number of aromatic nitrogens is 2. The number of halogens is 1. The van der Waals surface area contributed by atoms with E-state index in [4.69, 9.17) is 4.74 Å². The molecule has 5 nitrogen and oxygen atoms in total. The second-order valence-corrected chi connectivity index (χ2v) is 6.64. The lowest BCUT2D eigenvalue weighted by Gasteiger charge is -2.36. The summed E-state index contributed by atoms with van der Waals surface area (Å²) in [5.41, 5.74) is 0.469. The lowest BCUT2D eigenvalue weighted by molar-refractivity contribution is -0.0683. The minimum absolute atomic E-state index is 0.216. The molecule has 1 aromatic heterocycles. The fourth-order valence-corrected chi connectivity index (χ4v) is 3.35. The van der Waals surface area contributed by atoms with E-state index in [9.17, 15) is 4.39 Å². The Kier molecular flexibility index (Phi) is 4.59. The molecule has 3 atom stereocenters. The Labute approximate surface area is 131 Å². The van der Waals surface area contributed by atoms with Crippen LogP contribution >= 0.6 is 0 Å². The third-order valence-corrected chi connectivity index (χ3v) is 4.73. The highest BCUT2D eigenvalue weighted by molar-refractivity contribution is 5.39. The maximum absolute atomic E-state index is 14.2. The van der Waals surface area contributed by atoms with E-state index in [0.717, 1.165) is 26.1 Å². The molecule has 22 heavy (non-hydrogen) atoms. The van der Waals surface area contributed by atoms with E-state index < -0.39 is 0 Å². The van der Waals surface area contributed by atoms with Crippen molar-refractivity contribution in [2.45, 2.75) is 51.8 Å². The van der Waals surface area contributed by atoms with E-state index in [2.05, 4.69) is 34.0 Å². The van der Waals surface area contributed by atoms with Crippen LogP contribution in [0.2, 0.25) is 0 Å². The summed E-state index contributed by atoms with van der Waals surface area (Å²) in [6, 6.07) is 0.650. The van der Waals surface area contributed by atoms with Gasteiger partial charge in [0.2, 0.25) is 0 Å². The van der Waals surface area contributed by atoms with Crippen LogP contribution in [0.5, 0.6) is 0 Å². The minimum Gasteiger partial charge on any atom is -0.375 e. The van der Waals surface area contributed by atoms with Crippen LogP contribution < -0.4 is 5.32 Å². The molecule has 2 aliphatic rings. The van der Waals surface area contributed by atoms with Crippen LogP contribution in [0.15, 0.2) is 6.33 Å². The fourth-order valence-electron chi connectivity index (χ4n) is 3.35. The number of hydrogen-bond donors (Lipinski definition) is 1. The van der Waals surface area contributed by atoms with E-state index in [1.807, 2.05) is 6.92 Å². The van der Waals surface area contributed by atoms with Crippen LogP contribution in [0.25, 0.3) is 0 Å². The minimum atomic E-state index is -0.314. The standard InChI is InChI=1S/C16H25FN4O/c1-4-13-15(17)16(19-9-18-13)20-11-5-12-8-22-14(10(2)3)7-21(12)6-11/h9-12,14H,4-8H2,1-3H3,(H,18,19,20)/t11-,12-,14-/m0/s1. The zero-order valence-corrected chi connectivity index (χ0v) is 13.6. The van der Waals surface area contributed by atoms with Gasteiger partial charge in [-0.05, 0) is 18.8 Å². The number of morpholine rings is 1. The number of ether oxygens (including phenoxy) is 1. The topological polar surface area (TPSA) is 50.3 Å². The summed E-state index contributed by atoms with van der Waals surface area (Å²) in [6.45, 7) is 8.94. The number of anilines is 1. The Bertz CT molecular complexity index is 525. The zero-order valence-electron chi connectivity index (χ0n) is 13.6. The highest BCUT2D eigenvalue weighted by atomic mass is 19.1. The van der Waals surface area contributed by atoms with Crippen LogP contribution in [0, 0.1) is 11.7 Å². The molecule has 0 bridgehead atoms. The van der Waals surface area contributed by atoms with Crippen molar-refractivity contribution >= 4 is 5.82 Å². The van der Waals surface area contributed by atoms with E-state index >= 15 is 0 Å². The Morgan fingerprint density at radius 2 is 2.23 bits per heavy atom. The Morgan fingerprint density at radius 3 is 2.95 bits per heavy atom. The maximum Gasteiger partial charge on any atom is 0.186 e. The van der Waals surface area contributed by atoms with Crippen LogP contribution in [0.4, 0.5) is 10.2 Å². The summed E-state index contributed by atoms with van der Waals surface area (Å²) >= 11 is 0. The molecule has 122 valence electrons. The molecule has 0 amide bonds. The number of rotatable bonds is 4. The molecule has 2 aliphatic heterocycles. The van der Waals surface area contributed by atoms with Crippen LogP contribution in [-0.2, 0) is 11.2 Å². The van der Waals surface area contributed by atoms with Gasteiger partial charge < -0.3 is 10.1 Å². The van der Waals surface area contributed by atoms with Gasteiger partial charge in [-0.15, -0.1) is 0 Å². The van der Waals surface area contributed by atoms with Gasteiger partial charge in [0, 0.05) is 25.2 Å². The average molecular weight is 308 g/mol. The largest absolute Gasteiger partial charge is 0.375 e. The molecular weight excluding hydrogens is 283 g/mol. The predicted octanol–water partition coefficient (Wildman–Crippen LogP) is 2.09. The summed E-state index contributed by atoms with van der Waals surface area (Å²) in [5.74, 6) is 0.545. The number of nitrogens with one attached hydrogen (secondary N) is 1. The van der Waals surface area contributed by atoms with Gasteiger partial charge in [0.1, 0.15) is 6.33 Å². The highest BCUT2D eigenvalue weighted by Gasteiger charge is 2.38. The third-order valence-electron chi connectivity index (χ3n) is 4.73. The molecule has 0 aliphatic carbocycles. The molecule has 0 radical (unpaired) electrons. The van der Waals surface area contributed by atoms with Gasteiger partial charge in [0.25, 0.3) is 0 Å². The van der Waals surface area contributed by atoms with Crippen molar-refractivity contribution in [1.29, 1.82) is 0 Å². The molecule has 1 N–H and O–H groups in total. The first kappa shape index (κ1) is 15.6. The molecule has 2 fully saturated rings. The highest BCUT2D eigenvalue weighted by Crippen LogP contribution is 2.27. The second kappa shape index (κ2) is 6.46. The van der Waals surface area contributed by atoms with Crippen molar-refractivity contribution in [2.75, 3.05) is 25.0 Å². The molecular formula is C16H25FN4O. The number of hydrogen-bond acceptors (Lipinski definition) is 5. The molecule has 0 aromatic carbocycles. The maximum atomic E-state index is 14.2. The summed E-state index contributed by atoms with van der Waals surface area (Å²) in [6.07, 6.45) is 3.28. The lowest BCUT2D eigenvalue weighted by atomic mass is 10.0. The normalized spacial score (nSPS) is 28.9. The summed E-state index contributed by atoms with van der Waals surface area (Å²) in [4.78, 5) is 10.5. The van der Waals surface area contributed by atoms with Crippen molar-refractivity contribution in [3.05, 3.63) is 17.8 Å². The van der Waals surface area contributed by atoms with Gasteiger partial charge in [-0.2, -0.15) is 0 Å². The lowest BCUT2D eigenvalue weighted by Crippen LogP contribution is -2.48. The SMILES string of the molecule is CCc1ncnc(N[C@H]2C[C@H]3CO[C@H](C(C)C)CN3C2)c1F. The monoisotopic (exact) mass is 308 g/mol. The smallest absolute Gasteiger partial charge is 0.186 e. The van der Waals surface area contributed by atoms with Gasteiger partial charge in [-0.1, -0.05) is 20.8 Å². The molecule has 3 rings (SSSR count). The van der Waals surface area contributed by atoms with Crippen molar-refractivity contribution in [2.24, 2.45) is 5.92 Å². The Hall–Kier alpha value is -1.27. The van der Waals surface area contributed by atoms with Crippen molar-refractivity contribution in [1.82, 2.24) is 14.9 Å². The van der Waals surface area contributed by atoms with E-state index in [0.29, 0.717) is 36.0 Å². The molecule has 2 saturated heterocycles. The molecule has 0 saturated carbocycles. The van der Waals surface area contributed by atoms with Crippen molar-refractivity contribution < 1.29 is 9.13 Å². The van der Waals surface area contributed by atoms with Crippen LogP contribution in [0.1, 0.15) is 32.9 Å². The van der Waals surface area contributed by atoms with E-state index in [1.54, 1.807) is 0 Å². The van der Waals surface area contributed by atoms with Gasteiger partial charge in [0.15, 0.2) is 11.6 Å². The van der Waals surface area contributed by atoms with Crippen molar-refractivity contribution in [3.8, 4) is 0 Å². The molecule has 3 heterocycles. The number of nitrogens with zero attached hydrogens (tertiary/aromatic N) is 3. The van der Waals surface area contributed by atoms with Gasteiger partial charge in [-0.25, -0.2) is 14.4 Å². The van der Waals surface area contributed by atoms with Crippen LogP contribution in [-0.4, -0.2) is 52.8 Å². The first-order valence-corrected chi connectivity index (χ1v) is 8.20. The van der Waals surface area contributed by atoms with Gasteiger partial charge in [0.05, 0.1) is 18.4 Å². The zero-order chi connectivity index (χ0) is 15.7. The predicted molar refractivity (Wildman–Crippen MR) is 83.3 cm³/mol. The second-order valence-electron chi connectivity index (χ2n) is 6.64. The first-order chi connectivity index (χ1) is 10.6. The number of fused-ring (bicyclic) bond motifs is 1. The molecule has 1 aromatic rings. The first-order valence-electron chi connectivity index (χ1n) is 8.20. The third kappa shape index (κ3) is 3.08. The van der Waals surface area contributed by atoms with Crippen molar-refractivity contribution in [3.63, 3.8) is 0 Å². The Morgan fingerprint density at radius 1 is 1.41 bits per heavy atom. The Balaban J connectivity index is 1.64. The molecule has 6 heteroatoms. The quantitative estimate of drug-likeness (QED) is 0.923. The summed E-state index contributed by atoms with van der Waals surface area (Å²) < 4.78 is 20.2. The van der Waals surface area contributed by atoms with E-state index in [-0.39, 0.29) is 11.9 Å². The average Bonchev–Trinajstić information content (AvgIpc) is 2.90.